The van der Waals surface area contributed by atoms with Gasteiger partial charge in [-0.15, -0.1) is 0 Å². The average Bonchev–Trinajstić information content (AvgIpc) is 3.00. The van der Waals surface area contributed by atoms with Crippen molar-refractivity contribution >= 4 is 11.7 Å². The zero-order chi connectivity index (χ0) is 17.6. The lowest BCUT2D eigenvalue weighted by molar-refractivity contribution is -0.116. The number of ether oxygens (including phenoxy) is 2. The minimum absolute atomic E-state index is 0.162. The van der Waals surface area contributed by atoms with Crippen molar-refractivity contribution in [3.8, 4) is 11.5 Å². The summed E-state index contributed by atoms with van der Waals surface area (Å²) in [5.74, 6) is 1.94. The topological polar surface area (TPSA) is 73.6 Å². The molecule has 0 saturated heterocycles. The van der Waals surface area contributed by atoms with E-state index in [-0.39, 0.29) is 11.7 Å². The second-order valence-electron chi connectivity index (χ2n) is 6.35. The van der Waals surface area contributed by atoms with Gasteiger partial charge in [-0.25, -0.2) is 0 Å². The Bertz CT molecular complexity index is 882. The number of Topliss-reactive ketones (excluding diaryl/α,β-unsaturated/α-hetero) is 1. The number of aryl methyl sites for hydroxylation is 1. The molecule has 1 aromatic heterocycles. The molecule has 0 bridgehead atoms. The molecule has 130 valence electrons. The van der Waals surface area contributed by atoms with E-state index in [4.69, 9.17) is 14.0 Å². The van der Waals surface area contributed by atoms with Crippen LogP contribution < -0.4 is 14.8 Å². The van der Waals surface area contributed by atoms with Crippen LogP contribution in [-0.2, 0) is 4.79 Å². The summed E-state index contributed by atoms with van der Waals surface area (Å²) in [5, 5.41) is 7.38. The normalized spacial score (nSPS) is 19.2. The van der Waals surface area contributed by atoms with Crippen molar-refractivity contribution in [1.82, 2.24) is 5.16 Å². The number of rotatable bonds is 3. The van der Waals surface area contributed by atoms with Crippen molar-refractivity contribution in [2.24, 2.45) is 0 Å². The molecule has 0 radical (unpaired) electrons. The minimum atomic E-state index is -0.268. The fourth-order valence-electron chi connectivity index (χ4n) is 3.79. The molecule has 6 nitrogen and oxygen atoms in total. The molecule has 0 spiro atoms. The lowest BCUT2D eigenvalue weighted by Crippen LogP contribution is -2.26. The number of anilines is 1. The van der Waals surface area contributed by atoms with Gasteiger partial charge in [-0.05, 0) is 38.0 Å². The monoisotopic (exact) mass is 340 g/mol. The Kier molecular flexibility index (Phi) is 3.75. The Morgan fingerprint density at radius 3 is 2.84 bits per heavy atom. The zero-order valence-electron chi connectivity index (χ0n) is 14.5. The Balaban J connectivity index is 1.99. The smallest absolute Gasteiger partial charge is 0.233 e. The van der Waals surface area contributed by atoms with Gasteiger partial charge in [0.15, 0.2) is 5.78 Å². The van der Waals surface area contributed by atoms with Crippen LogP contribution in [0.25, 0.3) is 0 Å². The van der Waals surface area contributed by atoms with Crippen molar-refractivity contribution in [3.63, 3.8) is 0 Å². The molecule has 0 saturated carbocycles. The summed E-state index contributed by atoms with van der Waals surface area (Å²) in [4.78, 5) is 12.8. The van der Waals surface area contributed by atoms with E-state index in [0.717, 1.165) is 46.7 Å². The molecule has 1 N–H and O–H groups in total. The van der Waals surface area contributed by atoms with Crippen molar-refractivity contribution in [1.29, 1.82) is 0 Å². The van der Waals surface area contributed by atoms with Crippen LogP contribution in [0, 0.1) is 6.92 Å². The molecule has 1 unspecified atom stereocenters. The van der Waals surface area contributed by atoms with Crippen LogP contribution in [-0.4, -0.2) is 25.2 Å². The van der Waals surface area contributed by atoms with Crippen LogP contribution >= 0.6 is 0 Å². The number of hydrogen-bond acceptors (Lipinski definition) is 6. The first-order chi connectivity index (χ1) is 12.1. The van der Waals surface area contributed by atoms with Gasteiger partial charge in [0.05, 0.1) is 31.4 Å². The Labute approximate surface area is 145 Å². The molecule has 0 fully saturated rings. The SMILES string of the molecule is COc1ccc(OC)c(C2C3=C(CCCC3=O)Nc3onc(C)c32)c1. The van der Waals surface area contributed by atoms with Crippen LogP contribution in [0.4, 0.5) is 5.88 Å². The van der Waals surface area contributed by atoms with Crippen LogP contribution in [0.3, 0.4) is 0 Å². The summed E-state index contributed by atoms with van der Waals surface area (Å²) in [6.07, 6.45) is 2.22. The number of methoxy groups -OCH3 is 2. The highest BCUT2D eigenvalue weighted by Gasteiger charge is 2.39. The van der Waals surface area contributed by atoms with E-state index < -0.39 is 0 Å². The molecule has 1 aliphatic heterocycles. The van der Waals surface area contributed by atoms with Crippen molar-refractivity contribution < 1.29 is 18.8 Å². The fraction of sp³-hybridized carbons (Fsp3) is 0.368. The number of carbonyl (C=O) groups is 1. The predicted octanol–water partition coefficient (Wildman–Crippen LogP) is 3.56. The van der Waals surface area contributed by atoms with Gasteiger partial charge in [0, 0.05) is 23.3 Å². The van der Waals surface area contributed by atoms with Crippen molar-refractivity contribution in [2.45, 2.75) is 32.1 Å². The molecule has 1 aliphatic carbocycles. The number of benzene rings is 1. The van der Waals surface area contributed by atoms with E-state index >= 15 is 0 Å². The van der Waals surface area contributed by atoms with E-state index in [1.807, 2.05) is 25.1 Å². The van der Waals surface area contributed by atoms with E-state index in [2.05, 4.69) is 10.5 Å². The average molecular weight is 340 g/mol. The van der Waals surface area contributed by atoms with Crippen LogP contribution in [0.15, 0.2) is 34.0 Å². The van der Waals surface area contributed by atoms with Gasteiger partial charge < -0.3 is 19.3 Å². The first-order valence-electron chi connectivity index (χ1n) is 8.35. The van der Waals surface area contributed by atoms with Gasteiger partial charge in [0.2, 0.25) is 5.88 Å². The number of ketones is 1. The maximum atomic E-state index is 12.8. The number of allylic oxidation sites excluding steroid dienone is 2. The third-order valence-corrected chi connectivity index (χ3v) is 4.95. The molecule has 2 aliphatic rings. The summed E-state index contributed by atoms with van der Waals surface area (Å²) < 4.78 is 16.5. The highest BCUT2D eigenvalue weighted by Crippen LogP contribution is 2.49. The van der Waals surface area contributed by atoms with Gasteiger partial charge in [0.1, 0.15) is 11.5 Å². The van der Waals surface area contributed by atoms with Gasteiger partial charge >= 0.3 is 0 Å². The molecular weight excluding hydrogens is 320 g/mol. The number of fused-ring (bicyclic) bond motifs is 1. The Hall–Kier alpha value is -2.76. The Morgan fingerprint density at radius 2 is 2.08 bits per heavy atom. The van der Waals surface area contributed by atoms with E-state index in [1.165, 1.54) is 0 Å². The number of nitrogens with zero attached hydrogens (tertiary/aromatic N) is 1. The molecule has 4 rings (SSSR count). The summed E-state index contributed by atoms with van der Waals surface area (Å²) in [5.41, 5.74) is 4.26. The van der Waals surface area contributed by atoms with E-state index in [9.17, 15) is 4.79 Å². The third kappa shape index (κ3) is 2.40. The third-order valence-electron chi connectivity index (χ3n) is 4.95. The Morgan fingerprint density at radius 1 is 1.24 bits per heavy atom. The summed E-state index contributed by atoms with van der Waals surface area (Å²) in [6, 6.07) is 5.65. The van der Waals surface area contributed by atoms with Gasteiger partial charge in [-0.1, -0.05) is 5.16 Å². The largest absolute Gasteiger partial charge is 0.497 e. The summed E-state index contributed by atoms with van der Waals surface area (Å²) in [6.45, 7) is 1.89. The highest BCUT2D eigenvalue weighted by atomic mass is 16.5. The lowest BCUT2D eigenvalue weighted by Gasteiger charge is -2.32. The van der Waals surface area contributed by atoms with Crippen molar-refractivity contribution in [3.05, 3.63) is 46.3 Å². The number of hydrogen-bond donors (Lipinski definition) is 1. The summed E-state index contributed by atoms with van der Waals surface area (Å²) in [7, 11) is 3.26. The summed E-state index contributed by atoms with van der Waals surface area (Å²) >= 11 is 0. The van der Waals surface area contributed by atoms with Crippen LogP contribution in [0.5, 0.6) is 11.5 Å². The van der Waals surface area contributed by atoms with E-state index in [0.29, 0.717) is 18.1 Å². The maximum Gasteiger partial charge on any atom is 0.233 e. The standard InChI is InChI=1S/C19H20N2O4/c1-10-16-17(12-9-11(23-2)7-8-15(12)24-3)18-13(5-4-6-14(18)22)20-19(16)25-21-10/h7-9,17,20H,4-6H2,1-3H3. The van der Waals surface area contributed by atoms with Crippen LogP contribution in [0.2, 0.25) is 0 Å². The molecule has 6 heteroatoms. The molecule has 25 heavy (non-hydrogen) atoms. The van der Waals surface area contributed by atoms with Gasteiger partial charge in [-0.2, -0.15) is 0 Å². The number of aromatic nitrogens is 1. The minimum Gasteiger partial charge on any atom is -0.497 e. The van der Waals surface area contributed by atoms with Crippen molar-refractivity contribution in [2.75, 3.05) is 19.5 Å². The first kappa shape index (κ1) is 15.7. The molecule has 0 amide bonds. The zero-order valence-corrected chi connectivity index (χ0v) is 14.5. The first-order valence-corrected chi connectivity index (χ1v) is 8.35. The number of nitrogens with one attached hydrogen (secondary N) is 1. The molecule has 1 aromatic carbocycles. The molecule has 2 heterocycles. The second kappa shape index (κ2) is 5.95. The molecule has 2 aromatic rings. The van der Waals surface area contributed by atoms with Gasteiger partial charge in [0.25, 0.3) is 0 Å². The highest BCUT2D eigenvalue weighted by molar-refractivity contribution is 6.01. The molecular formula is C19H20N2O4. The maximum absolute atomic E-state index is 12.8. The predicted molar refractivity (Wildman–Crippen MR) is 92.1 cm³/mol. The lowest BCUT2D eigenvalue weighted by atomic mass is 9.76. The van der Waals surface area contributed by atoms with Crippen LogP contribution in [0.1, 0.15) is 42.0 Å². The second-order valence-corrected chi connectivity index (χ2v) is 6.35. The van der Waals surface area contributed by atoms with E-state index in [1.54, 1.807) is 14.2 Å². The quantitative estimate of drug-likeness (QED) is 0.921. The van der Waals surface area contributed by atoms with Gasteiger partial charge in [-0.3, -0.25) is 4.79 Å². The fourth-order valence-corrected chi connectivity index (χ4v) is 3.79. The molecule has 1 atom stereocenters. The number of carbonyl (C=O) groups excluding carboxylic acids is 1.